The van der Waals surface area contributed by atoms with E-state index >= 15 is 0 Å². The van der Waals surface area contributed by atoms with Crippen molar-refractivity contribution in [3.8, 4) is 0 Å². The molecule has 64 valence electrons. The zero-order valence-corrected chi connectivity index (χ0v) is 6.83. The molecule has 0 aliphatic carbocycles. The topological polar surface area (TPSA) is 56.8 Å². The highest BCUT2D eigenvalue weighted by molar-refractivity contribution is 6.01. The van der Waals surface area contributed by atoms with E-state index in [9.17, 15) is 0 Å². The zero-order chi connectivity index (χ0) is 7.52. The van der Waals surface area contributed by atoms with E-state index in [4.69, 9.17) is 0 Å². The first-order chi connectivity index (χ1) is 5.47. The molecular weight excluding hydrogens is 152 g/mol. The van der Waals surface area contributed by atoms with Gasteiger partial charge < -0.3 is 5.48 Å². The second kappa shape index (κ2) is 3.97. The number of rotatable bonds is 1. The van der Waals surface area contributed by atoms with Crippen molar-refractivity contribution in [2.75, 3.05) is 6.54 Å². The molecular formula is C9H12N2O. The van der Waals surface area contributed by atoms with Gasteiger partial charge in [-0.3, -0.25) is 9.98 Å². The fraction of sp³-hybridized carbons (Fsp3) is 0.333. The van der Waals surface area contributed by atoms with E-state index < -0.39 is 0 Å². The van der Waals surface area contributed by atoms with E-state index in [1.807, 2.05) is 12.3 Å². The SMILES string of the molecule is O.c1cncc(C2=NCCC2)c1. The van der Waals surface area contributed by atoms with Gasteiger partial charge in [-0.2, -0.15) is 0 Å². The Morgan fingerprint density at radius 2 is 2.25 bits per heavy atom. The first-order valence-corrected chi connectivity index (χ1v) is 3.90. The second-order valence-corrected chi connectivity index (χ2v) is 2.67. The highest BCUT2D eigenvalue weighted by atomic mass is 16.0. The van der Waals surface area contributed by atoms with Crippen LogP contribution < -0.4 is 0 Å². The Hall–Kier alpha value is -1.22. The maximum absolute atomic E-state index is 4.38. The minimum Gasteiger partial charge on any atom is -0.412 e. The van der Waals surface area contributed by atoms with Crippen LogP contribution in [0.15, 0.2) is 29.5 Å². The van der Waals surface area contributed by atoms with Gasteiger partial charge in [0.05, 0.1) is 0 Å². The molecule has 0 atom stereocenters. The third-order valence-corrected chi connectivity index (χ3v) is 1.87. The van der Waals surface area contributed by atoms with Gasteiger partial charge in [0, 0.05) is 30.2 Å². The van der Waals surface area contributed by atoms with Crippen LogP contribution >= 0.6 is 0 Å². The van der Waals surface area contributed by atoms with Gasteiger partial charge in [0.2, 0.25) is 0 Å². The maximum atomic E-state index is 4.38. The van der Waals surface area contributed by atoms with Crippen LogP contribution in [0.4, 0.5) is 0 Å². The quantitative estimate of drug-likeness (QED) is 0.606. The summed E-state index contributed by atoms with van der Waals surface area (Å²) in [6.45, 7) is 0.990. The van der Waals surface area contributed by atoms with Crippen LogP contribution in [0, 0.1) is 0 Å². The van der Waals surface area contributed by atoms with Crippen molar-refractivity contribution >= 4 is 5.71 Å². The molecule has 0 saturated heterocycles. The summed E-state index contributed by atoms with van der Waals surface area (Å²) in [5.41, 5.74) is 2.41. The molecule has 1 aromatic heterocycles. The van der Waals surface area contributed by atoms with Crippen LogP contribution in [0.1, 0.15) is 18.4 Å². The van der Waals surface area contributed by atoms with Crippen molar-refractivity contribution in [1.82, 2.24) is 4.98 Å². The summed E-state index contributed by atoms with van der Waals surface area (Å²) >= 11 is 0. The molecule has 0 aromatic carbocycles. The molecule has 0 unspecified atom stereocenters. The predicted octanol–water partition coefficient (Wildman–Crippen LogP) is 0.840. The third-order valence-electron chi connectivity index (χ3n) is 1.87. The Kier molecular flexibility index (Phi) is 2.94. The van der Waals surface area contributed by atoms with Crippen LogP contribution in [0.3, 0.4) is 0 Å². The van der Waals surface area contributed by atoms with Crippen molar-refractivity contribution in [3.05, 3.63) is 30.1 Å². The van der Waals surface area contributed by atoms with E-state index in [1.165, 1.54) is 17.7 Å². The first kappa shape index (κ1) is 8.87. The molecule has 1 aliphatic rings. The molecule has 1 aromatic rings. The molecule has 0 fully saturated rings. The van der Waals surface area contributed by atoms with E-state index in [-0.39, 0.29) is 5.48 Å². The zero-order valence-electron chi connectivity index (χ0n) is 6.83. The van der Waals surface area contributed by atoms with Gasteiger partial charge in [0.1, 0.15) is 0 Å². The monoisotopic (exact) mass is 164 g/mol. The average Bonchev–Trinajstić information content (AvgIpc) is 2.58. The van der Waals surface area contributed by atoms with E-state index in [2.05, 4.69) is 16.0 Å². The Balaban J connectivity index is 0.000000720. The van der Waals surface area contributed by atoms with Gasteiger partial charge in [0.15, 0.2) is 0 Å². The fourth-order valence-corrected chi connectivity index (χ4v) is 1.31. The lowest BCUT2D eigenvalue weighted by atomic mass is 10.1. The lowest BCUT2D eigenvalue weighted by Gasteiger charge is -1.96. The summed E-state index contributed by atoms with van der Waals surface area (Å²) < 4.78 is 0. The summed E-state index contributed by atoms with van der Waals surface area (Å²) in [6.07, 6.45) is 5.99. The Morgan fingerprint density at radius 3 is 2.83 bits per heavy atom. The largest absolute Gasteiger partial charge is 0.412 e. The van der Waals surface area contributed by atoms with Gasteiger partial charge in [-0.25, -0.2) is 0 Å². The summed E-state index contributed by atoms with van der Waals surface area (Å²) in [7, 11) is 0. The molecule has 0 radical (unpaired) electrons. The smallest absolute Gasteiger partial charge is 0.0436 e. The Bertz CT molecular complexity index is 269. The standard InChI is InChI=1S/C9H10N2.H2O/c1-3-8(7-10-5-1)9-4-2-6-11-9;/h1,3,5,7H,2,4,6H2;1H2. The molecule has 0 bridgehead atoms. The Morgan fingerprint density at radius 1 is 1.33 bits per heavy atom. The molecule has 12 heavy (non-hydrogen) atoms. The highest BCUT2D eigenvalue weighted by Crippen LogP contribution is 2.10. The van der Waals surface area contributed by atoms with Gasteiger partial charge in [-0.05, 0) is 18.9 Å². The van der Waals surface area contributed by atoms with Crippen molar-refractivity contribution in [3.63, 3.8) is 0 Å². The number of nitrogens with zero attached hydrogens (tertiary/aromatic N) is 2. The predicted molar refractivity (Wildman–Crippen MR) is 48.5 cm³/mol. The normalized spacial score (nSPS) is 15.2. The van der Waals surface area contributed by atoms with Crippen molar-refractivity contribution in [2.24, 2.45) is 4.99 Å². The molecule has 0 amide bonds. The first-order valence-electron chi connectivity index (χ1n) is 3.90. The molecule has 2 heterocycles. The summed E-state index contributed by atoms with van der Waals surface area (Å²) in [4.78, 5) is 8.43. The number of hydrogen-bond donors (Lipinski definition) is 0. The Labute approximate surface area is 71.5 Å². The van der Waals surface area contributed by atoms with Crippen LogP contribution in [-0.2, 0) is 0 Å². The van der Waals surface area contributed by atoms with Crippen LogP contribution in [-0.4, -0.2) is 22.7 Å². The van der Waals surface area contributed by atoms with Gasteiger partial charge in [-0.1, -0.05) is 6.07 Å². The van der Waals surface area contributed by atoms with E-state index in [0.717, 1.165) is 13.0 Å². The molecule has 0 spiro atoms. The molecule has 2 rings (SSSR count). The minimum absolute atomic E-state index is 0. The summed E-state index contributed by atoms with van der Waals surface area (Å²) in [6, 6.07) is 4.02. The maximum Gasteiger partial charge on any atom is 0.0436 e. The second-order valence-electron chi connectivity index (χ2n) is 2.67. The van der Waals surface area contributed by atoms with Crippen LogP contribution in [0.2, 0.25) is 0 Å². The number of pyridine rings is 1. The molecule has 1 aliphatic heterocycles. The number of aliphatic imine (C=N–C) groups is 1. The lowest BCUT2D eigenvalue weighted by Crippen LogP contribution is -1.95. The molecule has 0 saturated carbocycles. The summed E-state index contributed by atoms with van der Waals surface area (Å²) in [5.74, 6) is 0. The highest BCUT2D eigenvalue weighted by Gasteiger charge is 2.07. The van der Waals surface area contributed by atoms with Gasteiger partial charge in [-0.15, -0.1) is 0 Å². The van der Waals surface area contributed by atoms with Crippen molar-refractivity contribution in [1.29, 1.82) is 0 Å². The molecule has 3 heteroatoms. The molecule has 2 N–H and O–H groups in total. The van der Waals surface area contributed by atoms with E-state index in [1.54, 1.807) is 6.20 Å². The lowest BCUT2D eigenvalue weighted by molar-refractivity contribution is 0.824. The van der Waals surface area contributed by atoms with Crippen LogP contribution in [0.25, 0.3) is 0 Å². The number of aromatic nitrogens is 1. The van der Waals surface area contributed by atoms with Gasteiger partial charge >= 0.3 is 0 Å². The average molecular weight is 164 g/mol. The van der Waals surface area contributed by atoms with Crippen molar-refractivity contribution < 1.29 is 5.48 Å². The molecule has 3 nitrogen and oxygen atoms in total. The fourth-order valence-electron chi connectivity index (χ4n) is 1.31. The minimum atomic E-state index is 0. The van der Waals surface area contributed by atoms with Crippen LogP contribution in [0.5, 0.6) is 0 Å². The van der Waals surface area contributed by atoms with E-state index in [0.29, 0.717) is 0 Å². The third kappa shape index (κ3) is 1.68. The van der Waals surface area contributed by atoms with Crippen molar-refractivity contribution in [2.45, 2.75) is 12.8 Å². The number of hydrogen-bond acceptors (Lipinski definition) is 2. The summed E-state index contributed by atoms with van der Waals surface area (Å²) in [5, 5.41) is 0. The van der Waals surface area contributed by atoms with Gasteiger partial charge in [0.25, 0.3) is 0 Å².